The Labute approximate surface area is 163 Å². The number of carbonyl (C=O) groups excluding carboxylic acids is 1. The fraction of sp³-hybridized carbons (Fsp3) is 0.350. The lowest BCUT2D eigenvalue weighted by atomic mass is 9.83. The lowest BCUT2D eigenvalue weighted by Crippen LogP contribution is -2.26. The molecule has 0 heterocycles. The van der Waals surface area contributed by atoms with Gasteiger partial charge in [0.2, 0.25) is 0 Å². The summed E-state index contributed by atoms with van der Waals surface area (Å²) in [5.74, 6) is 0.727. The highest BCUT2D eigenvalue weighted by Gasteiger charge is 2.19. The van der Waals surface area contributed by atoms with E-state index in [2.05, 4.69) is 64.4 Å². The molecule has 132 valence electrons. The first-order chi connectivity index (χ1) is 12.0. The van der Waals surface area contributed by atoms with Crippen LogP contribution in [0.15, 0.2) is 42.5 Å². The molecule has 4 nitrogen and oxygen atoms in total. The van der Waals surface area contributed by atoms with E-state index in [1.807, 2.05) is 30.3 Å². The highest BCUT2D eigenvalue weighted by molar-refractivity contribution is 14.1. The molecular formula is C20H24IN3O. The minimum atomic E-state index is -0.205. The molecule has 2 aromatic rings. The third-order valence-electron chi connectivity index (χ3n) is 4.50. The Kier molecular flexibility index (Phi) is 5.96. The van der Waals surface area contributed by atoms with Gasteiger partial charge in [0.25, 0.3) is 0 Å². The summed E-state index contributed by atoms with van der Waals surface area (Å²) in [6, 6.07) is 13.8. The minimum absolute atomic E-state index is 0.205. The summed E-state index contributed by atoms with van der Waals surface area (Å²) in [7, 11) is 4.27. The van der Waals surface area contributed by atoms with Gasteiger partial charge in [-0.1, -0.05) is 12.1 Å². The normalized spacial score (nSPS) is 16.4. The second-order valence-electron chi connectivity index (χ2n) is 6.94. The highest BCUT2D eigenvalue weighted by Crippen LogP contribution is 2.28. The number of carbonyl (C=O) groups is 1. The van der Waals surface area contributed by atoms with Crippen LogP contribution in [0.25, 0.3) is 0 Å². The molecule has 0 bridgehead atoms. The lowest BCUT2D eigenvalue weighted by Gasteiger charge is -2.27. The number of benzene rings is 2. The predicted molar refractivity (Wildman–Crippen MR) is 112 cm³/mol. The summed E-state index contributed by atoms with van der Waals surface area (Å²) in [5.41, 5.74) is 4.44. The van der Waals surface area contributed by atoms with Crippen molar-refractivity contribution in [1.29, 1.82) is 0 Å². The van der Waals surface area contributed by atoms with Gasteiger partial charge in [0.15, 0.2) is 0 Å². The van der Waals surface area contributed by atoms with E-state index < -0.39 is 0 Å². The average Bonchev–Trinajstić information content (AvgIpc) is 2.54. The van der Waals surface area contributed by atoms with E-state index in [1.165, 1.54) is 17.5 Å². The van der Waals surface area contributed by atoms with Crippen LogP contribution in [0.5, 0.6) is 0 Å². The van der Waals surface area contributed by atoms with Crippen LogP contribution < -0.4 is 10.6 Å². The first-order valence-corrected chi connectivity index (χ1v) is 9.67. The molecule has 0 aromatic heterocycles. The van der Waals surface area contributed by atoms with Crippen molar-refractivity contribution in [2.75, 3.05) is 31.3 Å². The van der Waals surface area contributed by atoms with Gasteiger partial charge in [0.1, 0.15) is 0 Å². The zero-order chi connectivity index (χ0) is 17.8. The summed E-state index contributed by atoms with van der Waals surface area (Å²) >= 11 is 2.23. The molecule has 0 spiro atoms. The molecule has 1 unspecified atom stereocenters. The fourth-order valence-corrected chi connectivity index (χ4v) is 3.98. The van der Waals surface area contributed by atoms with Gasteiger partial charge < -0.3 is 15.5 Å². The summed E-state index contributed by atoms with van der Waals surface area (Å²) in [6.45, 7) is 1.14. The quantitative estimate of drug-likeness (QED) is 0.671. The van der Waals surface area contributed by atoms with Crippen molar-refractivity contribution in [3.63, 3.8) is 0 Å². The molecule has 25 heavy (non-hydrogen) atoms. The summed E-state index contributed by atoms with van der Waals surface area (Å²) in [6.07, 6.45) is 3.42. The number of aryl methyl sites for hydroxylation is 1. The van der Waals surface area contributed by atoms with Crippen LogP contribution in [0.1, 0.15) is 17.5 Å². The number of nitrogens with zero attached hydrogens (tertiary/aromatic N) is 1. The van der Waals surface area contributed by atoms with Crippen molar-refractivity contribution in [2.24, 2.45) is 5.92 Å². The van der Waals surface area contributed by atoms with Crippen LogP contribution in [0, 0.1) is 9.49 Å². The summed E-state index contributed by atoms with van der Waals surface area (Å²) < 4.78 is 1.09. The number of amides is 2. The first-order valence-electron chi connectivity index (χ1n) is 8.60. The summed E-state index contributed by atoms with van der Waals surface area (Å²) in [4.78, 5) is 14.5. The Morgan fingerprint density at radius 2 is 1.88 bits per heavy atom. The van der Waals surface area contributed by atoms with Crippen LogP contribution in [-0.4, -0.2) is 31.6 Å². The van der Waals surface area contributed by atoms with Gasteiger partial charge in [-0.2, -0.15) is 0 Å². The zero-order valence-electron chi connectivity index (χ0n) is 14.7. The minimum Gasteiger partial charge on any atom is -0.309 e. The SMILES string of the molecule is CN(C)CC1CCc2cc(NC(=O)Nc3cccc(I)c3)ccc2C1. The fourth-order valence-electron chi connectivity index (χ4n) is 3.44. The topological polar surface area (TPSA) is 44.4 Å². The Morgan fingerprint density at radius 1 is 1.12 bits per heavy atom. The number of anilines is 2. The second-order valence-corrected chi connectivity index (χ2v) is 8.19. The van der Waals surface area contributed by atoms with E-state index in [0.717, 1.165) is 40.2 Å². The molecule has 1 atom stereocenters. The number of urea groups is 1. The molecule has 1 aliphatic carbocycles. The monoisotopic (exact) mass is 449 g/mol. The Hall–Kier alpha value is -1.60. The average molecular weight is 449 g/mol. The molecule has 0 saturated carbocycles. The van der Waals surface area contributed by atoms with Crippen LogP contribution >= 0.6 is 22.6 Å². The largest absolute Gasteiger partial charge is 0.323 e. The lowest BCUT2D eigenvalue weighted by molar-refractivity contribution is 0.262. The van der Waals surface area contributed by atoms with Crippen molar-refractivity contribution in [2.45, 2.75) is 19.3 Å². The number of hydrogen-bond acceptors (Lipinski definition) is 2. The molecular weight excluding hydrogens is 425 g/mol. The zero-order valence-corrected chi connectivity index (χ0v) is 16.8. The van der Waals surface area contributed by atoms with Crippen LogP contribution in [0.3, 0.4) is 0 Å². The molecule has 5 heteroatoms. The number of nitrogens with one attached hydrogen (secondary N) is 2. The smallest absolute Gasteiger partial charge is 0.309 e. The maximum atomic E-state index is 12.2. The van der Waals surface area contributed by atoms with Crippen molar-refractivity contribution < 1.29 is 4.79 Å². The molecule has 2 amide bonds. The number of hydrogen-bond donors (Lipinski definition) is 2. The van der Waals surface area contributed by atoms with Crippen molar-refractivity contribution in [3.8, 4) is 0 Å². The third-order valence-corrected chi connectivity index (χ3v) is 5.17. The Morgan fingerprint density at radius 3 is 2.60 bits per heavy atom. The highest BCUT2D eigenvalue weighted by atomic mass is 127. The molecule has 3 rings (SSSR count). The maximum Gasteiger partial charge on any atom is 0.323 e. The van der Waals surface area contributed by atoms with E-state index in [4.69, 9.17) is 0 Å². The van der Waals surface area contributed by atoms with Crippen molar-refractivity contribution in [1.82, 2.24) is 4.90 Å². The van der Waals surface area contributed by atoms with E-state index >= 15 is 0 Å². The molecule has 0 aliphatic heterocycles. The molecule has 2 aromatic carbocycles. The van der Waals surface area contributed by atoms with E-state index in [0.29, 0.717) is 0 Å². The Balaban J connectivity index is 1.62. The van der Waals surface area contributed by atoms with Gasteiger partial charge in [-0.3, -0.25) is 0 Å². The first kappa shape index (κ1) is 18.2. The molecule has 0 fully saturated rings. The molecule has 1 aliphatic rings. The third kappa shape index (κ3) is 5.19. The van der Waals surface area contributed by atoms with Gasteiger partial charge in [0, 0.05) is 21.5 Å². The number of fused-ring (bicyclic) bond motifs is 1. The van der Waals surface area contributed by atoms with E-state index in [-0.39, 0.29) is 6.03 Å². The summed E-state index contributed by atoms with van der Waals surface area (Å²) in [5, 5.41) is 5.82. The van der Waals surface area contributed by atoms with E-state index in [1.54, 1.807) is 0 Å². The number of rotatable bonds is 4. The van der Waals surface area contributed by atoms with Crippen molar-refractivity contribution >= 4 is 40.0 Å². The van der Waals surface area contributed by atoms with Crippen LogP contribution in [0.2, 0.25) is 0 Å². The van der Waals surface area contributed by atoms with Gasteiger partial charge in [0.05, 0.1) is 0 Å². The van der Waals surface area contributed by atoms with Crippen LogP contribution in [0.4, 0.5) is 16.2 Å². The predicted octanol–water partition coefficient (Wildman–Crippen LogP) is 4.60. The number of halogens is 1. The Bertz CT molecular complexity index is 760. The van der Waals surface area contributed by atoms with E-state index in [9.17, 15) is 4.79 Å². The van der Waals surface area contributed by atoms with Gasteiger partial charge >= 0.3 is 6.03 Å². The molecule has 2 N–H and O–H groups in total. The van der Waals surface area contributed by atoms with Crippen LogP contribution in [-0.2, 0) is 12.8 Å². The van der Waals surface area contributed by atoms with Gasteiger partial charge in [-0.05, 0) is 103 Å². The second kappa shape index (κ2) is 8.19. The maximum absolute atomic E-state index is 12.2. The standard InChI is InChI=1S/C20H24IN3O/c1-24(2)13-14-6-7-16-11-19(9-8-15(16)10-14)23-20(25)22-18-5-3-4-17(21)12-18/h3-5,8-9,11-12,14H,6-7,10,13H2,1-2H3,(H2,22,23,25). The molecule has 0 saturated heterocycles. The van der Waals surface area contributed by atoms with Gasteiger partial charge in [-0.25, -0.2) is 4.79 Å². The van der Waals surface area contributed by atoms with Crippen molar-refractivity contribution in [3.05, 3.63) is 57.2 Å². The van der Waals surface area contributed by atoms with Gasteiger partial charge in [-0.15, -0.1) is 0 Å². The molecule has 0 radical (unpaired) electrons.